The molecule has 2 aromatic rings. The summed E-state index contributed by atoms with van der Waals surface area (Å²) < 4.78 is 10.6. The van der Waals surface area contributed by atoms with Crippen molar-refractivity contribution < 1.29 is 14.3 Å². The monoisotopic (exact) mass is 218 g/mol. The number of ether oxygens (including phenoxy) is 1. The first-order chi connectivity index (χ1) is 7.72. The fourth-order valence-electron chi connectivity index (χ4n) is 1.65. The van der Waals surface area contributed by atoms with Gasteiger partial charge in [-0.1, -0.05) is 30.3 Å². The number of aryl methyl sites for hydroxylation is 1. The normalized spacial score (nSPS) is 12.4. The third-order valence-corrected chi connectivity index (χ3v) is 2.43. The number of hydrogen-bond donors (Lipinski definition) is 1. The number of aliphatic hydroxyl groups is 1. The van der Waals surface area contributed by atoms with Gasteiger partial charge in [-0.15, -0.1) is 0 Å². The fourth-order valence-corrected chi connectivity index (χ4v) is 1.65. The molecule has 0 aliphatic rings. The molecule has 0 aliphatic carbocycles. The summed E-state index contributed by atoms with van der Waals surface area (Å²) in [5, 5.41) is 10.1. The maximum Gasteiger partial charge on any atom is 0.178 e. The van der Waals surface area contributed by atoms with Crippen LogP contribution < -0.4 is 4.74 Å². The van der Waals surface area contributed by atoms with Crippen LogP contribution in [0.1, 0.15) is 23.2 Å². The molecule has 0 saturated heterocycles. The van der Waals surface area contributed by atoms with Gasteiger partial charge in [-0.2, -0.15) is 0 Å². The molecule has 0 radical (unpaired) electrons. The van der Waals surface area contributed by atoms with Crippen molar-refractivity contribution in [2.75, 3.05) is 7.11 Å². The van der Waals surface area contributed by atoms with E-state index in [-0.39, 0.29) is 0 Å². The molecule has 0 saturated carbocycles. The predicted molar refractivity (Wildman–Crippen MR) is 60.5 cm³/mol. The number of hydrogen-bond acceptors (Lipinski definition) is 3. The van der Waals surface area contributed by atoms with Crippen molar-refractivity contribution in [3.63, 3.8) is 0 Å². The molecule has 1 aromatic carbocycles. The molecular weight excluding hydrogens is 204 g/mol. The minimum Gasteiger partial charge on any atom is -0.493 e. The van der Waals surface area contributed by atoms with Crippen molar-refractivity contribution in [1.29, 1.82) is 0 Å². The minimum atomic E-state index is -0.787. The van der Waals surface area contributed by atoms with Crippen molar-refractivity contribution in [3.8, 4) is 5.75 Å². The summed E-state index contributed by atoms with van der Waals surface area (Å²) in [4.78, 5) is 0. The van der Waals surface area contributed by atoms with Crippen LogP contribution in [0.4, 0.5) is 0 Å². The van der Waals surface area contributed by atoms with E-state index >= 15 is 0 Å². The van der Waals surface area contributed by atoms with E-state index in [1.807, 2.05) is 37.3 Å². The van der Waals surface area contributed by atoms with Crippen LogP contribution in [0.15, 0.2) is 40.8 Å². The van der Waals surface area contributed by atoms with Crippen molar-refractivity contribution in [1.82, 2.24) is 0 Å². The second-order valence-electron chi connectivity index (χ2n) is 3.60. The second kappa shape index (κ2) is 4.41. The van der Waals surface area contributed by atoms with Crippen LogP contribution in [-0.4, -0.2) is 12.2 Å². The lowest BCUT2D eigenvalue weighted by atomic mass is 10.1. The maximum atomic E-state index is 10.1. The number of benzene rings is 1. The first kappa shape index (κ1) is 10.8. The molecule has 0 aliphatic heterocycles. The van der Waals surface area contributed by atoms with Gasteiger partial charge < -0.3 is 14.3 Å². The smallest absolute Gasteiger partial charge is 0.178 e. The van der Waals surface area contributed by atoms with Crippen LogP contribution >= 0.6 is 0 Å². The van der Waals surface area contributed by atoms with Crippen LogP contribution in [0.5, 0.6) is 5.75 Å². The van der Waals surface area contributed by atoms with Gasteiger partial charge in [0.15, 0.2) is 11.5 Å². The highest BCUT2D eigenvalue weighted by Gasteiger charge is 2.19. The van der Waals surface area contributed by atoms with Crippen LogP contribution in [0.3, 0.4) is 0 Å². The van der Waals surface area contributed by atoms with Gasteiger partial charge in [-0.25, -0.2) is 0 Å². The molecule has 3 nitrogen and oxygen atoms in total. The number of methoxy groups -OCH3 is 1. The summed E-state index contributed by atoms with van der Waals surface area (Å²) in [6.45, 7) is 1.82. The average molecular weight is 218 g/mol. The molecule has 3 heteroatoms. The van der Waals surface area contributed by atoms with E-state index < -0.39 is 6.10 Å². The molecule has 0 amide bonds. The van der Waals surface area contributed by atoms with Crippen LogP contribution in [0.25, 0.3) is 0 Å². The van der Waals surface area contributed by atoms with E-state index in [0.717, 1.165) is 11.3 Å². The number of rotatable bonds is 3. The Morgan fingerprint density at radius 3 is 2.56 bits per heavy atom. The molecule has 84 valence electrons. The molecule has 16 heavy (non-hydrogen) atoms. The van der Waals surface area contributed by atoms with Gasteiger partial charge in [0, 0.05) is 6.07 Å². The summed E-state index contributed by atoms with van der Waals surface area (Å²) in [5.41, 5.74) is 0.787. The lowest BCUT2D eigenvalue weighted by Crippen LogP contribution is -1.99. The van der Waals surface area contributed by atoms with Gasteiger partial charge in [0.25, 0.3) is 0 Å². The van der Waals surface area contributed by atoms with E-state index in [1.54, 1.807) is 13.2 Å². The Kier molecular flexibility index (Phi) is 2.97. The first-order valence-corrected chi connectivity index (χ1v) is 5.09. The SMILES string of the molecule is COc1cc(C)oc1C(O)c1ccccc1. The quantitative estimate of drug-likeness (QED) is 0.861. The zero-order valence-electron chi connectivity index (χ0n) is 9.31. The van der Waals surface area contributed by atoms with E-state index in [1.165, 1.54) is 0 Å². The Bertz CT molecular complexity index is 459. The lowest BCUT2D eigenvalue weighted by molar-refractivity contribution is 0.181. The molecule has 1 aromatic heterocycles. The first-order valence-electron chi connectivity index (χ1n) is 5.09. The summed E-state index contributed by atoms with van der Waals surface area (Å²) in [5.74, 6) is 1.75. The Hall–Kier alpha value is -1.74. The second-order valence-corrected chi connectivity index (χ2v) is 3.60. The molecule has 1 heterocycles. The van der Waals surface area contributed by atoms with Gasteiger partial charge >= 0.3 is 0 Å². The van der Waals surface area contributed by atoms with Gasteiger partial charge in [0.05, 0.1) is 7.11 Å². The molecular formula is C13H14O3. The largest absolute Gasteiger partial charge is 0.493 e. The topological polar surface area (TPSA) is 42.6 Å². The fraction of sp³-hybridized carbons (Fsp3) is 0.231. The highest BCUT2D eigenvalue weighted by atomic mass is 16.5. The zero-order valence-corrected chi connectivity index (χ0v) is 9.31. The Morgan fingerprint density at radius 2 is 1.94 bits per heavy atom. The maximum absolute atomic E-state index is 10.1. The van der Waals surface area contributed by atoms with Crippen LogP contribution in [0, 0.1) is 6.92 Å². The molecule has 0 spiro atoms. The Morgan fingerprint density at radius 1 is 1.25 bits per heavy atom. The molecule has 1 unspecified atom stereocenters. The van der Waals surface area contributed by atoms with Crippen molar-refractivity contribution in [2.24, 2.45) is 0 Å². The van der Waals surface area contributed by atoms with Gasteiger partial charge in [-0.05, 0) is 12.5 Å². The molecule has 2 rings (SSSR count). The molecule has 1 N–H and O–H groups in total. The van der Waals surface area contributed by atoms with Gasteiger partial charge in [-0.3, -0.25) is 0 Å². The number of aliphatic hydroxyl groups excluding tert-OH is 1. The molecule has 0 fully saturated rings. The highest BCUT2D eigenvalue weighted by molar-refractivity contribution is 5.35. The van der Waals surface area contributed by atoms with Crippen molar-refractivity contribution in [2.45, 2.75) is 13.0 Å². The van der Waals surface area contributed by atoms with Gasteiger partial charge in [0.2, 0.25) is 0 Å². The van der Waals surface area contributed by atoms with E-state index in [0.29, 0.717) is 11.5 Å². The summed E-state index contributed by atoms with van der Waals surface area (Å²) in [6, 6.07) is 11.1. The van der Waals surface area contributed by atoms with Crippen molar-refractivity contribution >= 4 is 0 Å². The summed E-state index contributed by atoms with van der Waals surface area (Å²) in [7, 11) is 1.56. The average Bonchev–Trinajstić information content (AvgIpc) is 2.70. The Balaban J connectivity index is 2.37. The van der Waals surface area contributed by atoms with Crippen LogP contribution in [-0.2, 0) is 0 Å². The zero-order chi connectivity index (χ0) is 11.5. The van der Waals surface area contributed by atoms with Crippen molar-refractivity contribution in [3.05, 3.63) is 53.5 Å². The third kappa shape index (κ3) is 1.95. The number of furan rings is 1. The van der Waals surface area contributed by atoms with E-state index in [2.05, 4.69) is 0 Å². The van der Waals surface area contributed by atoms with E-state index in [9.17, 15) is 5.11 Å². The molecule has 1 atom stereocenters. The predicted octanol–water partition coefficient (Wildman–Crippen LogP) is 2.68. The minimum absolute atomic E-state index is 0.450. The molecule has 0 bridgehead atoms. The van der Waals surface area contributed by atoms with E-state index in [4.69, 9.17) is 9.15 Å². The van der Waals surface area contributed by atoms with Crippen LogP contribution in [0.2, 0.25) is 0 Å². The summed E-state index contributed by atoms with van der Waals surface area (Å²) in [6.07, 6.45) is -0.787. The standard InChI is InChI=1S/C13H14O3/c1-9-8-11(15-2)13(16-9)12(14)10-6-4-3-5-7-10/h3-8,12,14H,1-2H3. The third-order valence-electron chi connectivity index (χ3n) is 2.43. The Labute approximate surface area is 94.3 Å². The summed E-state index contributed by atoms with van der Waals surface area (Å²) >= 11 is 0. The lowest BCUT2D eigenvalue weighted by Gasteiger charge is -2.09. The van der Waals surface area contributed by atoms with Gasteiger partial charge in [0.1, 0.15) is 11.9 Å². The highest BCUT2D eigenvalue weighted by Crippen LogP contribution is 2.32.